The van der Waals surface area contributed by atoms with Crippen molar-refractivity contribution in [2.45, 2.75) is 12.8 Å². The molecule has 102 valence electrons. The second-order valence-electron chi connectivity index (χ2n) is 4.10. The van der Waals surface area contributed by atoms with Crippen molar-refractivity contribution >= 4 is 23.8 Å². The highest BCUT2D eigenvalue weighted by Gasteiger charge is 1.96. The Morgan fingerprint density at radius 3 is 1.50 bits per heavy atom. The van der Waals surface area contributed by atoms with Crippen molar-refractivity contribution in [1.29, 1.82) is 0 Å². The molecule has 0 amide bonds. The van der Waals surface area contributed by atoms with E-state index < -0.39 is 0 Å². The maximum absolute atomic E-state index is 13.2. The van der Waals surface area contributed by atoms with Crippen LogP contribution in [-0.4, -0.2) is 12.4 Å². The molecule has 0 unspecified atom stereocenters. The SMILES string of the molecule is Fc1ccccc1N=CCCC=Nc1ccccc1F. The largest absolute Gasteiger partial charge is 0.258 e. The minimum atomic E-state index is -0.344. The average molecular weight is 272 g/mol. The van der Waals surface area contributed by atoms with Crippen molar-refractivity contribution < 1.29 is 8.78 Å². The number of para-hydroxylation sites is 2. The predicted octanol–water partition coefficient (Wildman–Crippen LogP) is 4.85. The van der Waals surface area contributed by atoms with Crippen LogP contribution in [-0.2, 0) is 0 Å². The molecule has 2 nitrogen and oxygen atoms in total. The third-order valence-corrected chi connectivity index (χ3v) is 2.59. The highest BCUT2D eigenvalue weighted by molar-refractivity contribution is 5.70. The minimum absolute atomic E-state index is 0.318. The molecular formula is C16H14F2N2. The molecular weight excluding hydrogens is 258 g/mol. The van der Waals surface area contributed by atoms with E-state index in [4.69, 9.17) is 0 Å². The van der Waals surface area contributed by atoms with E-state index in [9.17, 15) is 8.78 Å². The summed E-state index contributed by atoms with van der Waals surface area (Å²) in [4.78, 5) is 8.06. The van der Waals surface area contributed by atoms with Gasteiger partial charge < -0.3 is 0 Å². The number of unbranched alkanes of at least 4 members (excludes halogenated alkanes) is 1. The first-order valence-corrected chi connectivity index (χ1v) is 6.31. The summed E-state index contributed by atoms with van der Waals surface area (Å²) in [6, 6.07) is 12.7. The molecule has 2 aromatic rings. The zero-order chi connectivity index (χ0) is 14.2. The Morgan fingerprint density at radius 1 is 0.700 bits per heavy atom. The molecule has 0 heterocycles. The number of halogens is 2. The van der Waals surface area contributed by atoms with Gasteiger partial charge in [0.05, 0.1) is 11.4 Å². The molecule has 0 spiro atoms. The molecule has 0 aliphatic heterocycles. The first kappa shape index (κ1) is 14.1. The summed E-state index contributed by atoms with van der Waals surface area (Å²) in [5, 5.41) is 0. The van der Waals surface area contributed by atoms with E-state index in [-0.39, 0.29) is 11.6 Å². The van der Waals surface area contributed by atoms with E-state index >= 15 is 0 Å². The highest BCUT2D eigenvalue weighted by Crippen LogP contribution is 2.16. The van der Waals surface area contributed by atoms with Gasteiger partial charge in [-0.3, -0.25) is 9.98 Å². The summed E-state index contributed by atoms with van der Waals surface area (Å²) in [5.74, 6) is -0.687. The zero-order valence-electron chi connectivity index (χ0n) is 10.8. The molecule has 0 aliphatic carbocycles. The van der Waals surface area contributed by atoms with Crippen LogP contribution in [0.4, 0.5) is 20.2 Å². The summed E-state index contributed by atoms with van der Waals surface area (Å²) in [6.45, 7) is 0. The molecule has 2 rings (SSSR count). The first-order valence-electron chi connectivity index (χ1n) is 6.31. The standard InChI is InChI=1S/C16H14F2N2/c17-13-7-1-3-9-15(13)19-11-5-6-12-20-16-10-4-2-8-14(16)18/h1-4,7-12H,5-6H2. The van der Waals surface area contributed by atoms with E-state index in [1.54, 1.807) is 48.8 Å². The Kier molecular flexibility index (Phi) is 5.12. The van der Waals surface area contributed by atoms with Gasteiger partial charge in [0.2, 0.25) is 0 Å². The molecule has 0 N–H and O–H groups in total. The lowest BCUT2D eigenvalue weighted by atomic mass is 10.3. The van der Waals surface area contributed by atoms with Crippen LogP contribution in [0.3, 0.4) is 0 Å². The van der Waals surface area contributed by atoms with Crippen LogP contribution < -0.4 is 0 Å². The molecule has 0 bridgehead atoms. The fourth-order valence-electron chi connectivity index (χ4n) is 1.59. The Hall–Kier alpha value is -2.36. The van der Waals surface area contributed by atoms with Gasteiger partial charge >= 0.3 is 0 Å². The topological polar surface area (TPSA) is 24.7 Å². The fourth-order valence-corrected chi connectivity index (χ4v) is 1.59. The number of hydrogen-bond acceptors (Lipinski definition) is 2. The second kappa shape index (κ2) is 7.28. The lowest BCUT2D eigenvalue weighted by Crippen LogP contribution is -1.81. The molecule has 4 heteroatoms. The molecule has 0 aliphatic rings. The quantitative estimate of drug-likeness (QED) is 0.549. The summed E-state index contributed by atoms with van der Waals surface area (Å²) < 4.78 is 26.5. The average Bonchev–Trinajstić information content (AvgIpc) is 2.46. The first-order chi connectivity index (χ1) is 9.77. The smallest absolute Gasteiger partial charge is 0.148 e. The summed E-state index contributed by atoms with van der Waals surface area (Å²) in [6.07, 6.45) is 4.50. The second-order valence-corrected chi connectivity index (χ2v) is 4.10. The van der Waals surface area contributed by atoms with Crippen LogP contribution in [0.2, 0.25) is 0 Å². The maximum Gasteiger partial charge on any atom is 0.148 e. The number of benzene rings is 2. The van der Waals surface area contributed by atoms with E-state index in [1.807, 2.05) is 0 Å². The normalized spacial score (nSPS) is 11.5. The number of rotatable bonds is 5. The Morgan fingerprint density at radius 2 is 1.10 bits per heavy atom. The van der Waals surface area contributed by atoms with Crippen molar-refractivity contribution in [3.05, 3.63) is 60.2 Å². The third kappa shape index (κ3) is 4.09. The molecule has 2 aromatic carbocycles. The van der Waals surface area contributed by atoms with Gasteiger partial charge in [0.15, 0.2) is 0 Å². The van der Waals surface area contributed by atoms with Crippen molar-refractivity contribution in [1.82, 2.24) is 0 Å². The number of nitrogens with zero attached hydrogens (tertiary/aromatic N) is 2. The molecule has 20 heavy (non-hydrogen) atoms. The van der Waals surface area contributed by atoms with Gasteiger partial charge in [0.25, 0.3) is 0 Å². The summed E-state index contributed by atoms with van der Waals surface area (Å²) >= 11 is 0. The lowest BCUT2D eigenvalue weighted by Gasteiger charge is -1.95. The molecule has 0 fully saturated rings. The fraction of sp³-hybridized carbons (Fsp3) is 0.125. The summed E-state index contributed by atoms with van der Waals surface area (Å²) in [7, 11) is 0. The Bertz CT molecular complexity index is 566. The van der Waals surface area contributed by atoms with Gasteiger partial charge in [-0.25, -0.2) is 8.78 Å². The van der Waals surface area contributed by atoms with E-state index in [1.165, 1.54) is 12.1 Å². The summed E-state index contributed by atoms with van der Waals surface area (Å²) in [5.41, 5.74) is 0.636. The maximum atomic E-state index is 13.2. The third-order valence-electron chi connectivity index (χ3n) is 2.59. The van der Waals surface area contributed by atoms with Gasteiger partial charge in [-0.15, -0.1) is 0 Å². The van der Waals surface area contributed by atoms with Gasteiger partial charge in [-0.05, 0) is 37.1 Å². The Balaban J connectivity index is 1.82. The molecule has 0 radical (unpaired) electrons. The number of hydrogen-bond donors (Lipinski definition) is 0. The number of aliphatic imine (C=N–C) groups is 2. The van der Waals surface area contributed by atoms with Crippen LogP contribution in [0, 0.1) is 11.6 Å². The van der Waals surface area contributed by atoms with E-state index in [2.05, 4.69) is 9.98 Å². The highest BCUT2D eigenvalue weighted by atomic mass is 19.1. The van der Waals surface area contributed by atoms with Crippen molar-refractivity contribution in [2.24, 2.45) is 9.98 Å². The molecule has 0 saturated carbocycles. The van der Waals surface area contributed by atoms with Gasteiger partial charge in [-0.2, -0.15) is 0 Å². The van der Waals surface area contributed by atoms with Crippen LogP contribution in [0.15, 0.2) is 58.5 Å². The Labute approximate surface area is 116 Å². The van der Waals surface area contributed by atoms with E-state index in [0.717, 1.165) is 0 Å². The lowest BCUT2D eigenvalue weighted by molar-refractivity contribution is 0.629. The van der Waals surface area contributed by atoms with Crippen LogP contribution in [0.25, 0.3) is 0 Å². The van der Waals surface area contributed by atoms with Gasteiger partial charge in [-0.1, -0.05) is 24.3 Å². The van der Waals surface area contributed by atoms with E-state index in [0.29, 0.717) is 24.2 Å². The van der Waals surface area contributed by atoms with Crippen molar-refractivity contribution in [2.75, 3.05) is 0 Å². The minimum Gasteiger partial charge on any atom is -0.258 e. The van der Waals surface area contributed by atoms with Crippen LogP contribution in [0.5, 0.6) is 0 Å². The monoisotopic (exact) mass is 272 g/mol. The van der Waals surface area contributed by atoms with Crippen molar-refractivity contribution in [3.63, 3.8) is 0 Å². The molecule has 0 atom stereocenters. The van der Waals surface area contributed by atoms with Crippen molar-refractivity contribution in [3.8, 4) is 0 Å². The molecule has 0 saturated heterocycles. The van der Waals surface area contributed by atoms with Gasteiger partial charge in [0, 0.05) is 12.4 Å². The zero-order valence-corrected chi connectivity index (χ0v) is 10.8. The van der Waals surface area contributed by atoms with Gasteiger partial charge in [0.1, 0.15) is 11.6 Å². The molecule has 0 aromatic heterocycles. The van der Waals surface area contributed by atoms with Crippen LogP contribution >= 0.6 is 0 Å². The van der Waals surface area contributed by atoms with Crippen LogP contribution in [0.1, 0.15) is 12.8 Å². The predicted molar refractivity (Wildman–Crippen MR) is 78.3 cm³/mol.